The molecule has 0 aliphatic heterocycles. The zero-order valence-corrected chi connectivity index (χ0v) is 15.5. The van der Waals surface area contributed by atoms with E-state index < -0.39 is 11.9 Å². The average molecular weight is 402 g/mol. The molecule has 0 bridgehead atoms. The molecule has 2 heterocycles. The fraction of sp³-hybridized carbons (Fsp3) is 0.167. The highest BCUT2D eigenvalue weighted by Gasteiger charge is 2.19. The lowest BCUT2D eigenvalue weighted by Gasteiger charge is -2.04. The normalized spacial score (nSPS) is 10.0. The van der Waals surface area contributed by atoms with Gasteiger partial charge in [0.25, 0.3) is 0 Å². The third kappa shape index (κ3) is 4.84. The third-order valence-corrected chi connectivity index (χ3v) is 3.68. The van der Waals surface area contributed by atoms with Crippen molar-refractivity contribution >= 4 is 23.7 Å². The van der Waals surface area contributed by atoms with Gasteiger partial charge in [-0.25, -0.2) is 28.8 Å². The zero-order valence-electron chi connectivity index (χ0n) is 15.5. The van der Waals surface area contributed by atoms with Gasteiger partial charge in [0.2, 0.25) is 11.7 Å². The minimum absolute atomic E-state index is 0.0946. The molecule has 152 valence electrons. The molecule has 0 spiro atoms. The molecule has 0 saturated carbocycles. The molecule has 3 aromatic rings. The second kappa shape index (κ2) is 9.28. The minimum atomic E-state index is -1.31. The standard InChI is InChI=1S/C9H7N3O5.C9H11NO2/c1-17-8(16)5-2-4(7(14)15)11-9-10-3-6(13)12(5)9;1-12-9(11)8-4-2-7(6-10)3-5-8/h2-3,13H,1H3,(H,14,15);2-5H,6,10H2,1H3. The molecule has 3 rings (SSSR count). The number of benzene rings is 1. The smallest absolute Gasteiger partial charge is 0.355 e. The fourth-order valence-electron chi connectivity index (χ4n) is 2.24. The lowest BCUT2D eigenvalue weighted by molar-refractivity contribution is 0.0585. The number of carbonyl (C=O) groups excluding carboxylic acids is 2. The topological polar surface area (TPSA) is 166 Å². The highest BCUT2D eigenvalue weighted by molar-refractivity contribution is 5.93. The largest absolute Gasteiger partial charge is 0.493 e. The summed E-state index contributed by atoms with van der Waals surface area (Å²) in [5.41, 5.74) is 6.43. The highest BCUT2D eigenvalue weighted by Crippen LogP contribution is 2.16. The molecule has 29 heavy (non-hydrogen) atoms. The molecule has 0 atom stereocenters. The van der Waals surface area contributed by atoms with Crippen molar-refractivity contribution in [3.63, 3.8) is 0 Å². The van der Waals surface area contributed by atoms with Crippen molar-refractivity contribution in [2.75, 3.05) is 14.2 Å². The van der Waals surface area contributed by atoms with Crippen molar-refractivity contribution in [2.24, 2.45) is 5.73 Å². The van der Waals surface area contributed by atoms with Gasteiger partial charge in [-0.3, -0.25) is 0 Å². The number of fused-ring (bicyclic) bond motifs is 1. The van der Waals surface area contributed by atoms with Crippen LogP contribution < -0.4 is 5.73 Å². The summed E-state index contributed by atoms with van der Waals surface area (Å²) in [6.45, 7) is 0.488. The molecule has 0 saturated heterocycles. The number of imidazole rings is 1. The third-order valence-electron chi connectivity index (χ3n) is 3.68. The van der Waals surface area contributed by atoms with Gasteiger partial charge in [-0.15, -0.1) is 0 Å². The van der Waals surface area contributed by atoms with Crippen LogP contribution in [0.5, 0.6) is 5.88 Å². The van der Waals surface area contributed by atoms with Crippen molar-refractivity contribution in [3.8, 4) is 5.88 Å². The SMILES string of the molecule is COC(=O)c1cc(C(=O)O)nc2ncc(O)n12.COC(=O)c1ccc(CN)cc1. The van der Waals surface area contributed by atoms with Crippen LogP contribution in [-0.2, 0) is 16.0 Å². The minimum Gasteiger partial charge on any atom is -0.493 e. The molecule has 0 unspecified atom stereocenters. The monoisotopic (exact) mass is 402 g/mol. The molecule has 2 aromatic heterocycles. The molecule has 0 radical (unpaired) electrons. The first-order valence-corrected chi connectivity index (χ1v) is 8.08. The van der Waals surface area contributed by atoms with Gasteiger partial charge in [0.15, 0.2) is 5.69 Å². The molecule has 1 aromatic carbocycles. The average Bonchev–Trinajstić information content (AvgIpc) is 3.13. The van der Waals surface area contributed by atoms with E-state index in [1.165, 1.54) is 7.11 Å². The van der Waals surface area contributed by atoms with E-state index in [1.54, 1.807) is 12.1 Å². The maximum absolute atomic E-state index is 11.4. The van der Waals surface area contributed by atoms with Gasteiger partial charge in [-0.1, -0.05) is 12.1 Å². The maximum atomic E-state index is 11.4. The second-order valence-electron chi connectivity index (χ2n) is 5.47. The first-order valence-electron chi connectivity index (χ1n) is 8.08. The van der Waals surface area contributed by atoms with E-state index in [1.807, 2.05) is 12.1 Å². The number of carboxylic acid groups (broad SMARTS) is 1. The number of rotatable bonds is 4. The van der Waals surface area contributed by atoms with Crippen molar-refractivity contribution in [3.05, 3.63) is 59.0 Å². The lowest BCUT2D eigenvalue weighted by Crippen LogP contribution is -2.12. The van der Waals surface area contributed by atoms with Crippen molar-refractivity contribution < 1.29 is 34.1 Å². The molecule has 0 amide bonds. The summed E-state index contributed by atoms with van der Waals surface area (Å²) in [4.78, 5) is 40.5. The summed E-state index contributed by atoms with van der Waals surface area (Å²) < 4.78 is 10.0. The Labute approximate surface area is 164 Å². The van der Waals surface area contributed by atoms with Gasteiger partial charge in [0.05, 0.1) is 26.0 Å². The van der Waals surface area contributed by atoms with E-state index in [-0.39, 0.29) is 29.0 Å². The number of nitrogens with two attached hydrogens (primary N) is 1. The van der Waals surface area contributed by atoms with Crippen molar-refractivity contribution in [1.29, 1.82) is 0 Å². The molecule has 0 aliphatic rings. The number of ether oxygens (including phenoxy) is 2. The van der Waals surface area contributed by atoms with Crippen LogP contribution >= 0.6 is 0 Å². The molecule has 0 fully saturated rings. The Bertz CT molecular complexity index is 1040. The number of aromatic hydroxyl groups is 1. The van der Waals surface area contributed by atoms with Crippen LogP contribution in [0.15, 0.2) is 36.5 Å². The van der Waals surface area contributed by atoms with E-state index in [0.29, 0.717) is 12.1 Å². The van der Waals surface area contributed by atoms with Gasteiger partial charge >= 0.3 is 17.9 Å². The van der Waals surface area contributed by atoms with Gasteiger partial charge in [-0.05, 0) is 17.7 Å². The molecule has 4 N–H and O–H groups in total. The van der Waals surface area contributed by atoms with Crippen LogP contribution in [0, 0.1) is 0 Å². The second-order valence-corrected chi connectivity index (χ2v) is 5.47. The summed E-state index contributed by atoms with van der Waals surface area (Å²) in [5, 5.41) is 18.3. The van der Waals surface area contributed by atoms with Gasteiger partial charge < -0.3 is 25.4 Å². The van der Waals surface area contributed by atoms with Gasteiger partial charge in [0, 0.05) is 12.6 Å². The first kappa shape index (κ1) is 21.3. The van der Waals surface area contributed by atoms with Crippen LogP contribution in [0.25, 0.3) is 5.78 Å². The Balaban J connectivity index is 0.000000221. The predicted octanol–water partition coefficient (Wildman–Crippen LogP) is 0.852. The summed E-state index contributed by atoms with van der Waals surface area (Å²) in [5.74, 6) is -2.85. The van der Waals surface area contributed by atoms with E-state index in [0.717, 1.165) is 29.3 Å². The molecule has 11 heteroatoms. The molecule has 0 aliphatic carbocycles. The van der Waals surface area contributed by atoms with E-state index in [4.69, 9.17) is 10.8 Å². The Kier molecular flexibility index (Phi) is 6.82. The molecular formula is C18H18N4O7. The Hall–Kier alpha value is -3.99. The van der Waals surface area contributed by atoms with Gasteiger partial charge in [-0.2, -0.15) is 0 Å². The number of methoxy groups -OCH3 is 2. The maximum Gasteiger partial charge on any atom is 0.355 e. The summed E-state index contributed by atoms with van der Waals surface area (Å²) in [6, 6.07) is 8.03. The number of esters is 2. The Morgan fingerprint density at radius 2 is 1.72 bits per heavy atom. The summed E-state index contributed by atoms with van der Waals surface area (Å²) in [6.07, 6.45) is 1.06. The lowest BCUT2D eigenvalue weighted by atomic mass is 10.1. The summed E-state index contributed by atoms with van der Waals surface area (Å²) in [7, 11) is 2.50. The predicted molar refractivity (Wildman–Crippen MR) is 98.6 cm³/mol. The molecule has 11 nitrogen and oxygen atoms in total. The highest BCUT2D eigenvalue weighted by atomic mass is 16.5. The van der Waals surface area contributed by atoms with E-state index in [9.17, 15) is 19.5 Å². The van der Waals surface area contributed by atoms with E-state index >= 15 is 0 Å². The quantitative estimate of drug-likeness (QED) is 0.532. The number of aromatic carboxylic acids is 1. The zero-order chi connectivity index (χ0) is 21.6. The van der Waals surface area contributed by atoms with Crippen molar-refractivity contribution in [1.82, 2.24) is 14.4 Å². The van der Waals surface area contributed by atoms with E-state index in [2.05, 4.69) is 19.4 Å². The Morgan fingerprint density at radius 3 is 2.24 bits per heavy atom. The number of hydrogen-bond donors (Lipinski definition) is 3. The van der Waals surface area contributed by atoms with Crippen LogP contribution in [-0.4, -0.2) is 56.7 Å². The first-order chi connectivity index (χ1) is 13.8. The van der Waals surface area contributed by atoms with Crippen LogP contribution in [0.4, 0.5) is 0 Å². The van der Waals surface area contributed by atoms with Crippen LogP contribution in [0.2, 0.25) is 0 Å². The fourth-order valence-corrected chi connectivity index (χ4v) is 2.24. The van der Waals surface area contributed by atoms with Crippen LogP contribution in [0.3, 0.4) is 0 Å². The van der Waals surface area contributed by atoms with Gasteiger partial charge in [0.1, 0.15) is 5.69 Å². The number of carbonyl (C=O) groups is 3. The Morgan fingerprint density at radius 1 is 1.10 bits per heavy atom. The number of hydrogen-bond acceptors (Lipinski definition) is 9. The number of nitrogens with zero attached hydrogens (tertiary/aromatic N) is 3. The van der Waals surface area contributed by atoms with Crippen LogP contribution in [0.1, 0.15) is 36.9 Å². The summed E-state index contributed by atoms with van der Waals surface area (Å²) >= 11 is 0. The number of aromatic nitrogens is 3. The van der Waals surface area contributed by atoms with Crippen molar-refractivity contribution in [2.45, 2.75) is 6.54 Å². The number of carboxylic acids is 1. The molecular weight excluding hydrogens is 384 g/mol.